The molecule has 0 saturated heterocycles. The lowest BCUT2D eigenvalue weighted by atomic mass is 10.0. The molecular weight excluding hydrogens is 236 g/mol. The molecule has 2 nitrogen and oxygen atoms in total. The molecule has 1 rings (SSSR count). The molecule has 0 fully saturated rings. The van der Waals surface area contributed by atoms with E-state index in [9.17, 15) is 0 Å². The molecule has 106 valence electrons. The van der Waals surface area contributed by atoms with Crippen LogP contribution in [0.5, 0.6) is 0 Å². The monoisotopic (exact) mass is 262 g/mol. The van der Waals surface area contributed by atoms with Crippen LogP contribution in [0.2, 0.25) is 0 Å². The van der Waals surface area contributed by atoms with Crippen molar-refractivity contribution in [2.45, 2.75) is 59.0 Å². The van der Waals surface area contributed by atoms with Crippen molar-refractivity contribution in [3.8, 4) is 0 Å². The van der Waals surface area contributed by atoms with E-state index in [-0.39, 0.29) is 18.5 Å². The van der Waals surface area contributed by atoms with Gasteiger partial charge in [0, 0.05) is 6.42 Å². The van der Waals surface area contributed by atoms with Gasteiger partial charge in [-0.15, -0.1) is 0 Å². The molecule has 0 amide bonds. The van der Waals surface area contributed by atoms with Gasteiger partial charge in [-0.25, -0.2) is 0 Å². The summed E-state index contributed by atoms with van der Waals surface area (Å²) in [6.07, 6.45) is 1.92. The van der Waals surface area contributed by atoms with Gasteiger partial charge in [-0.3, -0.25) is 0 Å². The van der Waals surface area contributed by atoms with E-state index in [4.69, 9.17) is 9.47 Å². The first kappa shape index (κ1) is 15.9. The highest BCUT2D eigenvalue weighted by Gasteiger charge is 2.14. The van der Waals surface area contributed by atoms with Crippen LogP contribution in [0.25, 0.3) is 5.57 Å². The molecule has 0 aliphatic rings. The molecule has 0 spiro atoms. The van der Waals surface area contributed by atoms with Crippen molar-refractivity contribution in [1.29, 1.82) is 0 Å². The minimum Gasteiger partial charge on any atom is -0.350 e. The fourth-order valence-corrected chi connectivity index (χ4v) is 1.89. The van der Waals surface area contributed by atoms with Gasteiger partial charge in [-0.1, -0.05) is 36.9 Å². The summed E-state index contributed by atoms with van der Waals surface area (Å²) >= 11 is 0. The Morgan fingerprint density at radius 1 is 1.00 bits per heavy atom. The minimum absolute atomic E-state index is 0.152. The topological polar surface area (TPSA) is 18.5 Å². The lowest BCUT2D eigenvalue weighted by Gasteiger charge is -2.23. The second kappa shape index (κ2) is 8.13. The number of hydrogen-bond acceptors (Lipinski definition) is 2. The number of hydrogen-bond donors (Lipinski definition) is 0. The lowest BCUT2D eigenvalue weighted by Crippen LogP contribution is -2.24. The number of allylic oxidation sites excluding steroid dienone is 1. The zero-order valence-electron chi connectivity index (χ0n) is 12.6. The Morgan fingerprint density at radius 2 is 1.53 bits per heavy atom. The molecule has 0 atom stereocenters. The van der Waals surface area contributed by atoms with Crippen molar-refractivity contribution in [3.05, 3.63) is 42.5 Å². The molecule has 19 heavy (non-hydrogen) atoms. The fraction of sp³-hybridized carbons (Fsp3) is 0.529. The Labute approximate surface area is 117 Å². The summed E-state index contributed by atoms with van der Waals surface area (Å²) in [4.78, 5) is 0. The van der Waals surface area contributed by atoms with Gasteiger partial charge in [0.2, 0.25) is 0 Å². The van der Waals surface area contributed by atoms with Crippen LogP contribution in [-0.2, 0) is 9.47 Å². The normalized spacial score (nSPS) is 11.5. The van der Waals surface area contributed by atoms with Gasteiger partial charge in [0.15, 0.2) is 6.29 Å². The molecular formula is C17H26O2. The second-order valence-corrected chi connectivity index (χ2v) is 5.31. The van der Waals surface area contributed by atoms with Gasteiger partial charge in [0.25, 0.3) is 0 Å². The third-order valence-electron chi connectivity index (χ3n) is 2.71. The van der Waals surface area contributed by atoms with Crippen molar-refractivity contribution in [3.63, 3.8) is 0 Å². The van der Waals surface area contributed by atoms with E-state index in [1.807, 2.05) is 45.9 Å². The quantitative estimate of drug-likeness (QED) is 0.635. The van der Waals surface area contributed by atoms with E-state index in [2.05, 4.69) is 18.7 Å². The lowest BCUT2D eigenvalue weighted by molar-refractivity contribution is -0.182. The fourth-order valence-electron chi connectivity index (χ4n) is 1.89. The molecule has 0 N–H and O–H groups in total. The first-order chi connectivity index (χ1) is 8.99. The SMILES string of the molecule is C=C(CCC(OC(C)C)OC(C)C)c1ccccc1. The van der Waals surface area contributed by atoms with Crippen LogP contribution in [0.3, 0.4) is 0 Å². The molecule has 0 saturated carbocycles. The van der Waals surface area contributed by atoms with Crippen LogP contribution in [0, 0.1) is 0 Å². The predicted molar refractivity (Wildman–Crippen MR) is 80.9 cm³/mol. The summed E-state index contributed by atoms with van der Waals surface area (Å²) in [6.45, 7) is 12.3. The second-order valence-electron chi connectivity index (χ2n) is 5.31. The summed E-state index contributed by atoms with van der Waals surface area (Å²) in [7, 11) is 0. The molecule has 0 aliphatic carbocycles. The highest BCUT2D eigenvalue weighted by molar-refractivity contribution is 5.62. The molecule has 0 aliphatic heterocycles. The molecule has 0 heterocycles. The summed E-state index contributed by atoms with van der Waals surface area (Å²) in [5.41, 5.74) is 2.32. The van der Waals surface area contributed by atoms with E-state index >= 15 is 0 Å². The van der Waals surface area contributed by atoms with Gasteiger partial charge in [-0.2, -0.15) is 0 Å². The van der Waals surface area contributed by atoms with Crippen molar-refractivity contribution in [2.24, 2.45) is 0 Å². The molecule has 1 aromatic rings. The minimum atomic E-state index is -0.152. The van der Waals surface area contributed by atoms with Gasteiger partial charge < -0.3 is 9.47 Å². The molecule has 2 heteroatoms. The summed E-state index contributed by atoms with van der Waals surface area (Å²) in [6, 6.07) is 10.3. The van der Waals surface area contributed by atoms with Crippen LogP contribution >= 0.6 is 0 Å². The first-order valence-corrected chi connectivity index (χ1v) is 7.03. The molecule has 0 bridgehead atoms. The van der Waals surface area contributed by atoms with Gasteiger partial charge in [0.05, 0.1) is 12.2 Å². The van der Waals surface area contributed by atoms with Gasteiger partial charge in [-0.05, 0) is 45.3 Å². The Balaban J connectivity index is 2.49. The predicted octanol–water partition coefficient (Wildman–Crippen LogP) is 4.66. The largest absolute Gasteiger partial charge is 0.350 e. The van der Waals surface area contributed by atoms with E-state index in [0.29, 0.717) is 0 Å². The Hall–Kier alpha value is -1.12. The summed E-state index contributed by atoms with van der Waals surface area (Å²) in [5.74, 6) is 0. The Bertz CT molecular complexity index is 358. The highest BCUT2D eigenvalue weighted by Crippen LogP contribution is 2.20. The van der Waals surface area contributed by atoms with Crippen molar-refractivity contribution in [1.82, 2.24) is 0 Å². The molecule has 0 radical (unpaired) electrons. The van der Waals surface area contributed by atoms with Crippen LogP contribution in [0.1, 0.15) is 46.1 Å². The van der Waals surface area contributed by atoms with Gasteiger partial charge in [0.1, 0.15) is 0 Å². The third kappa shape index (κ3) is 6.55. The Morgan fingerprint density at radius 3 is 2.00 bits per heavy atom. The van der Waals surface area contributed by atoms with E-state index in [1.165, 1.54) is 5.56 Å². The highest BCUT2D eigenvalue weighted by atomic mass is 16.7. The maximum Gasteiger partial charge on any atom is 0.158 e. The molecule has 0 unspecified atom stereocenters. The summed E-state index contributed by atoms with van der Waals surface area (Å²) < 4.78 is 11.6. The van der Waals surface area contributed by atoms with Crippen molar-refractivity contribution < 1.29 is 9.47 Å². The van der Waals surface area contributed by atoms with Crippen LogP contribution in [0.15, 0.2) is 36.9 Å². The average Bonchev–Trinajstić information content (AvgIpc) is 2.35. The maximum absolute atomic E-state index is 5.78. The number of benzene rings is 1. The molecule has 1 aromatic carbocycles. The van der Waals surface area contributed by atoms with Crippen LogP contribution in [-0.4, -0.2) is 18.5 Å². The summed E-state index contributed by atoms with van der Waals surface area (Å²) in [5, 5.41) is 0. The van der Waals surface area contributed by atoms with Crippen molar-refractivity contribution >= 4 is 5.57 Å². The van der Waals surface area contributed by atoms with E-state index in [0.717, 1.165) is 18.4 Å². The maximum atomic E-state index is 5.78. The zero-order chi connectivity index (χ0) is 14.3. The van der Waals surface area contributed by atoms with Crippen LogP contribution in [0.4, 0.5) is 0 Å². The van der Waals surface area contributed by atoms with Crippen molar-refractivity contribution in [2.75, 3.05) is 0 Å². The van der Waals surface area contributed by atoms with E-state index < -0.39 is 0 Å². The smallest absolute Gasteiger partial charge is 0.158 e. The van der Waals surface area contributed by atoms with Gasteiger partial charge >= 0.3 is 0 Å². The molecule has 0 aromatic heterocycles. The number of rotatable bonds is 8. The number of ether oxygens (including phenoxy) is 2. The Kier molecular flexibility index (Phi) is 6.82. The van der Waals surface area contributed by atoms with E-state index in [1.54, 1.807) is 0 Å². The third-order valence-corrected chi connectivity index (χ3v) is 2.71. The van der Waals surface area contributed by atoms with Crippen LogP contribution < -0.4 is 0 Å². The standard InChI is InChI=1S/C17H26O2/c1-13(2)18-17(19-14(3)4)12-11-15(5)16-9-7-6-8-10-16/h6-10,13-14,17H,5,11-12H2,1-4H3. The first-order valence-electron chi connectivity index (χ1n) is 7.03. The average molecular weight is 262 g/mol. The zero-order valence-corrected chi connectivity index (χ0v) is 12.6.